The number of piperidine rings is 1. The van der Waals surface area contributed by atoms with E-state index < -0.39 is 0 Å². The lowest BCUT2D eigenvalue weighted by Crippen LogP contribution is -2.42. The maximum absolute atomic E-state index is 12.5. The first kappa shape index (κ1) is 17.7. The molecule has 1 fully saturated rings. The molecule has 1 saturated heterocycles. The van der Waals surface area contributed by atoms with Crippen LogP contribution in [0, 0.1) is 12.8 Å². The van der Waals surface area contributed by atoms with E-state index in [1.165, 1.54) is 18.4 Å². The van der Waals surface area contributed by atoms with Gasteiger partial charge in [0.25, 0.3) is 5.91 Å². The van der Waals surface area contributed by atoms with Crippen molar-refractivity contribution in [3.05, 3.63) is 71.3 Å². The van der Waals surface area contributed by atoms with Crippen molar-refractivity contribution in [3.8, 4) is 0 Å². The normalized spacial score (nSPS) is 17.2. The van der Waals surface area contributed by atoms with E-state index in [2.05, 4.69) is 41.4 Å². The summed E-state index contributed by atoms with van der Waals surface area (Å²) in [4.78, 5) is 15.1. The Balaban J connectivity index is 1.70. The molecule has 0 aliphatic carbocycles. The van der Waals surface area contributed by atoms with E-state index in [9.17, 15) is 4.79 Å². The van der Waals surface area contributed by atoms with Gasteiger partial charge in [-0.25, -0.2) is 0 Å². The molecular formula is C22H28N2O. The highest BCUT2D eigenvalue weighted by Gasteiger charge is 2.25. The van der Waals surface area contributed by atoms with Crippen LogP contribution in [0.1, 0.15) is 47.3 Å². The van der Waals surface area contributed by atoms with Crippen molar-refractivity contribution < 1.29 is 4.79 Å². The van der Waals surface area contributed by atoms with Crippen molar-refractivity contribution in [1.82, 2.24) is 10.2 Å². The quantitative estimate of drug-likeness (QED) is 0.887. The molecule has 1 N–H and O–H groups in total. The van der Waals surface area contributed by atoms with Crippen LogP contribution in [0.2, 0.25) is 0 Å². The molecule has 0 bridgehead atoms. The highest BCUT2D eigenvalue weighted by molar-refractivity contribution is 5.94. The zero-order chi connectivity index (χ0) is 17.6. The van der Waals surface area contributed by atoms with Crippen LogP contribution in [0.3, 0.4) is 0 Å². The molecule has 2 aromatic rings. The molecule has 1 atom stereocenters. The van der Waals surface area contributed by atoms with Crippen molar-refractivity contribution in [2.45, 2.75) is 32.7 Å². The number of aryl methyl sites for hydroxylation is 1. The lowest BCUT2D eigenvalue weighted by molar-refractivity contribution is 0.0913. The highest BCUT2D eigenvalue weighted by Crippen LogP contribution is 2.26. The van der Waals surface area contributed by atoms with Gasteiger partial charge in [0, 0.05) is 12.1 Å². The van der Waals surface area contributed by atoms with E-state index in [0.717, 1.165) is 30.1 Å². The average molecular weight is 336 g/mol. The molecule has 1 amide bonds. The van der Waals surface area contributed by atoms with Gasteiger partial charge in [-0.3, -0.25) is 9.69 Å². The van der Waals surface area contributed by atoms with Gasteiger partial charge in [-0.2, -0.15) is 0 Å². The summed E-state index contributed by atoms with van der Waals surface area (Å²) >= 11 is 0. The van der Waals surface area contributed by atoms with Crippen molar-refractivity contribution >= 4 is 5.91 Å². The molecule has 1 unspecified atom stereocenters. The van der Waals surface area contributed by atoms with E-state index >= 15 is 0 Å². The van der Waals surface area contributed by atoms with Gasteiger partial charge >= 0.3 is 0 Å². The predicted molar refractivity (Wildman–Crippen MR) is 103 cm³/mol. The summed E-state index contributed by atoms with van der Waals surface area (Å²) in [6.07, 6.45) is 2.46. The summed E-state index contributed by atoms with van der Waals surface area (Å²) in [5, 5.41) is 3.15. The SMILES string of the molecule is Cc1cccc(C(=O)NCC(c2ccccc2)N2CCC(C)CC2)c1. The Morgan fingerprint density at radius 1 is 1.12 bits per heavy atom. The summed E-state index contributed by atoms with van der Waals surface area (Å²) in [7, 11) is 0. The first-order chi connectivity index (χ1) is 12.1. The van der Waals surface area contributed by atoms with Crippen molar-refractivity contribution in [1.29, 1.82) is 0 Å². The molecule has 0 aromatic heterocycles. The second kappa shape index (κ2) is 8.30. The number of benzene rings is 2. The largest absolute Gasteiger partial charge is 0.350 e. The number of carbonyl (C=O) groups excluding carboxylic acids is 1. The maximum Gasteiger partial charge on any atom is 0.251 e. The number of nitrogens with zero attached hydrogens (tertiary/aromatic N) is 1. The second-order valence-electron chi connectivity index (χ2n) is 7.22. The van der Waals surface area contributed by atoms with Crippen molar-refractivity contribution in [2.75, 3.05) is 19.6 Å². The zero-order valence-corrected chi connectivity index (χ0v) is 15.2. The minimum Gasteiger partial charge on any atom is -0.350 e. The van der Waals surface area contributed by atoms with Gasteiger partial charge in [-0.1, -0.05) is 55.0 Å². The lowest BCUT2D eigenvalue weighted by Gasteiger charge is -2.37. The Morgan fingerprint density at radius 3 is 2.52 bits per heavy atom. The molecular weight excluding hydrogens is 308 g/mol. The smallest absolute Gasteiger partial charge is 0.251 e. The summed E-state index contributed by atoms with van der Waals surface area (Å²) in [6, 6.07) is 18.5. The minimum absolute atomic E-state index is 0.00927. The molecule has 3 heteroatoms. The summed E-state index contributed by atoms with van der Waals surface area (Å²) in [5.74, 6) is 0.810. The molecule has 1 aliphatic rings. The Hall–Kier alpha value is -2.13. The van der Waals surface area contributed by atoms with Crippen molar-refractivity contribution in [2.24, 2.45) is 5.92 Å². The van der Waals surface area contributed by atoms with E-state index in [1.807, 2.05) is 37.3 Å². The number of rotatable bonds is 5. The third-order valence-electron chi connectivity index (χ3n) is 5.18. The van der Waals surface area contributed by atoms with Crippen LogP contribution in [-0.4, -0.2) is 30.4 Å². The molecule has 132 valence electrons. The fourth-order valence-corrected chi connectivity index (χ4v) is 3.55. The van der Waals surface area contributed by atoms with Gasteiger partial charge in [0.15, 0.2) is 0 Å². The van der Waals surface area contributed by atoms with Gasteiger partial charge in [-0.05, 0) is 56.5 Å². The number of likely N-dealkylation sites (tertiary alicyclic amines) is 1. The number of hydrogen-bond acceptors (Lipinski definition) is 2. The van der Waals surface area contributed by atoms with Crippen molar-refractivity contribution in [3.63, 3.8) is 0 Å². The van der Waals surface area contributed by atoms with Crippen LogP contribution in [0.25, 0.3) is 0 Å². The van der Waals surface area contributed by atoms with E-state index in [1.54, 1.807) is 0 Å². The Kier molecular flexibility index (Phi) is 5.87. The van der Waals surface area contributed by atoms with E-state index in [-0.39, 0.29) is 11.9 Å². The predicted octanol–water partition coefficient (Wildman–Crippen LogP) is 4.20. The molecule has 3 nitrogen and oxygen atoms in total. The number of amides is 1. The first-order valence-electron chi connectivity index (χ1n) is 9.27. The molecule has 1 heterocycles. The maximum atomic E-state index is 12.5. The molecule has 3 rings (SSSR count). The first-order valence-corrected chi connectivity index (χ1v) is 9.27. The molecule has 2 aromatic carbocycles. The monoisotopic (exact) mass is 336 g/mol. The fraction of sp³-hybridized carbons (Fsp3) is 0.409. The third kappa shape index (κ3) is 4.70. The summed E-state index contributed by atoms with van der Waals surface area (Å²) in [5.41, 5.74) is 3.12. The standard InChI is InChI=1S/C22H28N2O/c1-17-11-13-24(14-12-17)21(19-8-4-3-5-9-19)16-23-22(25)20-10-6-7-18(2)15-20/h3-10,15,17,21H,11-14,16H2,1-2H3,(H,23,25). The molecule has 0 spiro atoms. The van der Waals surface area contributed by atoms with E-state index in [4.69, 9.17) is 0 Å². The van der Waals surface area contributed by atoms with Crippen LogP contribution in [-0.2, 0) is 0 Å². The zero-order valence-electron chi connectivity index (χ0n) is 15.2. The second-order valence-corrected chi connectivity index (χ2v) is 7.22. The van der Waals surface area contributed by atoms with E-state index in [0.29, 0.717) is 6.54 Å². The summed E-state index contributed by atoms with van der Waals surface area (Å²) < 4.78 is 0. The Labute approximate surface area is 151 Å². The number of carbonyl (C=O) groups is 1. The Bertz CT molecular complexity index is 690. The van der Waals surface area contributed by atoms with Gasteiger partial charge < -0.3 is 5.32 Å². The fourth-order valence-electron chi connectivity index (χ4n) is 3.55. The molecule has 0 radical (unpaired) electrons. The van der Waals surface area contributed by atoms with Crippen LogP contribution in [0.4, 0.5) is 0 Å². The van der Waals surface area contributed by atoms with Gasteiger partial charge in [-0.15, -0.1) is 0 Å². The Morgan fingerprint density at radius 2 is 1.84 bits per heavy atom. The molecule has 25 heavy (non-hydrogen) atoms. The molecule has 1 aliphatic heterocycles. The summed E-state index contributed by atoms with van der Waals surface area (Å²) in [6.45, 7) is 7.18. The van der Waals surface area contributed by atoms with Crippen LogP contribution in [0.15, 0.2) is 54.6 Å². The number of nitrogens with one attached hydrogen (secondary N) is 1. The topological polar surface area (TPSA) is 32.3 Å². The van der Waals surface area contributed by atoms with Gasteiger partial charge in [0.1, 0.15) is 0 Å². The van der Waals surface area contributed by atoms with Crippen LogP contribution >= 0.6 is 0 Å². The van der Waals surface area contributed by atoms with Crippen LogP contribution < -0.4 is 5.32 Å². The third-order valence-corrected chi connectivity index (χ3v) is 5.18. The molecule has 0 saturated carbocycles. The van der Waals surface area contributed by atoms with Gasteiger partial charge in [0.2, 0.25) is 0 Å². The minimum atomic E-state index is 0.00927. The lowest BCUT2D eigenvalue weighted by atomic mass is 9.95. The average Bonchev–Trinajstić information content (AvgIpc) is 2.64. The van der Waals surface area contributed by atoms with Gasteiger partial charge in [0.05, 0.1) is 6.04 Å². The van der Waals surface area contributed by atoms with Crippen LogP contribution in [0.5, 0.6) is 0 Å². The highest BCUT2D eigenvalue weighted by atomic mass is 16.1. The number of hydrogen-bond donors (Lipinski definition) is 1.